The average molecular weight is 277 g/mol. The van der Waals surface area contributed by atoms with Crippen molar-refractivity contribution in [3.63, 3.8) is 0 Å². The van der Waals surface area contributed by atoms with E-state index in [1.54, 1.807) is 0 Å². The quantitative estimate of drug-likeness (QED) is 0.387. The Kier molecular flexibility index (Phi) is 5.77. The van der Waals surface area contributed by atoms with Gasteiger partial charge >= 0.3 is 11.9 Å². The van der Waals surface area contributed by atoms with Crippen molar-refractivity contribution in [1.29, 1.82) is 0 Å². The van der Waals surface area contributed by atoms with E-state index >= 15 is 0 Å². The highest BCUT2D eigenvalue weighted by atomic mass is 16.5. The first-order valence-corrected chi connectivity index (χ1v) is 6.23. The minimum atomic E-state index is -0.747. The third kappa shape index (κ3) is 4.12. The van der Waals surface area contributed by atoms with Crippen LogP contribution in [0.2, 0.25) is 0 Å². The lowest BCUT2D eigenvalue weighted by atomic mass is 10.0. The van der Waals surface area contributed by atoms with Crippen LogP contribution in [0, 0.1) is 0 Å². The molecule has 5 heteroatoms. The minimum Gasteiger partial charge on any atom is -0.465 e. The van der Waals surface area contributed by atoms with Crippen LogP contribution in [0.5, 0.6) is 0 Å². The first-order chi connectivity index (χ1) is 9.49. The Morgan fingerprint density at radius 3 is 1.95 bits per heavy atom. The zero-order valence-electron chi connectivity index (χ0n) is 12.1. The summed E-state index contributed by atoms with van der Waals surface area (Å²) in [6, 6.07) is 7.71. The maximum Gasteiger partial charge on any atom is 0.346 e. The predicted molar refractivity (Wildman–Crippen MR) is 76.3 cm³/mol. The van der Waals surface area contributed by atoms with Gasteiger partial charge < -0.3 is 14.8 Å². The van der Waals surface area contributed by atoms with Gasteiger partial charge in [-0.1, -0.05) is 26.0 Å². The lowest BCUT2D eigenvalue weighted by Gasteiger charge is -2.08. The number of hydrogen-bond acceptors (Lipinski definition) is 5. The molecule has 1 rings (SSSR count). The summed E-state index contributed by atoms with van der Waals surface area (Å²) in [5, 5.41) is 2.88. The zero-order valence-corrected chi connectivity index (χ0v) is 12.1. The Labute approximate surface area is 118 Å². The Morgan fingerprint density at radius 1 is 1.05 bits per heavy atom. The summed E-state index contributed by atoms with van der Waals surface area (Å²) in [6.07, 6.45) is 1.28. The molecule has 0 saturated carbocycles. The van der Waals surface area contributed by atoms with Crippen molar-refractivity contribution in [2.45, 2.75) is 19.8 Å². The highest BCUT2D eigenvalue weighted by molar-refractivity contribution is 6.14. The molecular formula is C15H19NO4. The highest BCUT2D eigenvalue weighted by Crippen LogP contribution is 2.17. The largest absolute Gasteiger partial charge is 0.465 e. The molecule has 0 bridgehead atoms. The number of hydrogen-bond donors (Lipinski definition) is 1. The summed E-state index contributed by atoms with van der Waals surface area (Å²) in [4.78, 5) is 22.9. The molecule has 1 aromatic carbocycles. The number of rotatable bonds is 5. The third-order valence-electron chi connectivity index (χ3n) is 2.77. The molecule has 0 heterocycles. The number of benzene rings is 1. The van der Waals surface area contributed by atoms with E-state index in [0.717, 1.165) is 5.69 Å². The Bertz CT molecular complexity index is 485. The topological polar surface area (TPSA) is 64.6 Å². The van der Waals surface area contributed by atoms with Gasteiger partial charge in [-0.2, -0.15) is 0 Å². The maximum absolute atomic E-state index is 11.4. The van der Waals surface area contributed by atoms with Gasteiger partial charge in [0.2, 0.25) is 0 Å². The number of anilines is 1. The van der Waals surface area contributed by atoms with Crippen LogP contribution in [0.3, 0.4) is 0 Å². The van der Waals surface area contributed by atoms with E-state index in [0.29, 0.717) is 5.92 Å². The van der Waals surface area contributed by atoms with Crippen LogP contribution in [-0.2, 0) is 19.1 Å². The summed E-state index contributed by atoms with van der Waals surface area (Å²) >= 11 is 0. The molecule has 5 nitrogen and oxygen atoms in total. The van der Waals surface area contributed by atoms with Crippen molar-refractivity contribution in [3.8, 4) is 0 Å². The Morgan fingerprint density at radius 2 is 1.55 bits per heavy atom. The first-order valence-electron chi connectivity index (χ1n) is 6.23. The molecule has 0 saturated heterocycles. The second-order valence-electron chi connectivity index (χ2n) is 4.46. The number of nitrogens with one attached hydrogen (secondary N) is 1. The van der Waals surface area contributed by atoms with E-state index in [-0.39, 0.29) is 5.57 Å². The highest BCUT2D eigenvalue weighted by Gasteiger charge is 2.19. The van der Waals surface area contributed by atoms with Crippen molar-refractivity contribution in [2.24, 2.45) is 0 Å². The normalized spacial score (nSPS) is 9.85. The molecule has 0 aliphatic rings. The molecule has 0 amide bonds. The SMILES string of the molecule is COC(=O)C(=CNc1ccc(C(C)C)cc1)C(=O)OC. The van der Waals surface area contributed by atoms with Gasteiger partial charge in [0.1, 0.15) is 0 Å². The molecule has 0 aromatic heterocycles. The molecule has 0 aliphatic carbocycles. The van der Waals surface area contributed by atoms with E-state index in [9.17, 15) is 9.59 Å². The third-order valence-corrected chi connectivity index (χ3v) is 2.77. The fourth-order valence-corrected chi connectivity index (χ4v) is 1.54. The molecular weight excluding hydrogens is 258 g/mol. The van der Waals surface area contributed by atoms with Crippen LogP contribution in [0.4, 0.5) is 5.69 Å². The monoisotopic (exact) mass is 277 g/mol. The van der Waals surface area contributed by atoms with Gasteiger partial charge in [-0.3, -0.25) is 0 Å². The summed E-state index contributed by atoms with van der Waals surface area (Å²) < 4.78 is 9.05. The summed E-state index contributed by atoms with van der Waals surface area (Å²) in [5.74, 6) is -1.05. The Balaban J connectivity index is 2.86. The van der Waals surface area contributed by atoms with E-state index in [1.807, 2.05) is 24.3 Å². The number of esters is 2. The van der Waals surface area contributed by atoms with Crippen LogP contribution in [0.1, 0.15) is 25.3 Å². The number of carbonyl (C=O) groups is 2. The average Bonchev–Trinajstić information content (AvgIpc) is 2.47. The van der Waals surface area contributed by atoms with Crippen LogP contribution in [0.15, 0.2) is 36.0 Å². The standard InChI is InChI=1S/C15H19NO4/c1-10(2)11-5-7-12(8-6-11)16-9-13(14(17)19-3)15(18)20-4/h5-10,16H,1-4H3. The van der Waals surface area contributed by atoms with Crippen molar-refractivity contribution in [2.75, 3.05) is 19.5 Å². The van der Waals surface area contributed by atoms with E-state index in [4.69, 9.17) is 0 Å². The molecule has 0 atom stereocenters. The van der Waals surface area contributed by atoms with E-state index in [1.165, 1.54) is 26.0 Å². The fourth-order valence-electron chi connectivity index (χ4n) is 1.54. The van der Waals surface area contributed by atoms with Gasteiger partial charge in [-0.25, -0.2) is 9.59 Å². The van der Waals surface area contributed by atoms with Gasteiger partial charge in [0.05, 0.1) is 14.2 Å². The van der Waals surface area contributed by atoms with Crippen LogP contribution < -0.4 is 5.32 Å². The van der Waals surface area contributed by atoms with Crippen molar-refractivity contribution >= 4 is 17.6 Å². The number of ether oxygens (including phenoxy) is 2. The lowest BCUT2D eigenvalue weighted by Crippen LogP contribution is -2.17. The second kappa shape index (κ2) is 7.33. The van der Waals surface area contributed by atoms with Gasteiger partial charge in [0.25, 0.3) is 0 Å². The number of methoxy groups -OCH3 is 2. The van der Waals surface area contributed by atoms with E-state index < -0.39 is 11.9 Å². The van der Waals surface area contributed by atoms with Crippen molar-refractivity contribution in [3.05, 3.63) is 41.6 Å². The van der Waals surface area contributed by atoms with Crippen molar-refractivity contribution in [1.82, 2.24) is 0 Å². The second-order valence-corrected chi connectivity index (χ2v) is 4.46. The Hall–Kier alpha value is -2.30. The molecule has 1 aromatic rings. The fraction of sp³-hybridized carbons (Fsp3) is 0.333. The van der Waals surface area contributed by atoms with Gasteiger partial charge in [-0.05, 0) is 23.6 Å². The van der Waals surface area contributed by atoms with Crippen LogP contribution in [-0.4, -0.2) is 26.2 Å². The predicted octanol–water partition coefficient (Wildman–Crippen LogP) is 2.45. The van der Waals surface area contributed by atoms with Crippen molar-refractivity contribution < 1.29 is 19.1 Å². The zero-order chi connectivity index (χ0) is 15.1. The molecule has 0 aliphatic heterocycles. The van der Waals surface area contributed by atoms with Gasteiger partial charge in [0.15, 0.2) is 5.57 Å². The minimum absolute atomic E-state index is 0.192. The molecule has 0 unspecified atom stereocenters. The summed E-state index contributed by atoms with van der Waals surface area (Å²) in [7, 11) is 2.41. The van der Waals surface area contributed by atoms with Crippen LogP contribution in [0.25, 0.3) is 0 Å². The first kappa shape index (κ1) is 15.8. The maximum atomic E-state index is 11.4. The van der Waals surface area contributed by atoms with Gasteiger partial charge in [0, 0.05) is 11.9 Å². The number of carbonyl (C=O) groups excluding carboxylic acids is 2. The van der Waals surface area contributed by atoms with Gasteiger partial charge in [-0.15, -0.1) is 0 Å². The molecule has 0 spiro atoms. The molecule has 20 heavy (non-hydrogen) atoms. The molecule has 0 fully saturated rings. The van der Waals surface area contributed by atoms with E-state index in [2.05, 4.69) is 28.6 Å². The molecule has 1 N–H and O–H groups in total. The summed E-state index contributed by atoms with van der Waals surface area (Å²) in [5.41, 5.74) is 1.78. The van der Waals surface area contributed by atoms with Crippen LogP contribution >= 0.6 is 0 Å². The smallest absolute Gasteiger partial charge is 0.346 e. The lowest BCUT2D eigenvalue weighted by molar-refractivity contribution is -0.144. The molecule has 108 valence electrons. The summed E-state index contributed by atoms with van der Waals surface area (Å²) in [6.45, 7) is 4.21. The molecule has 0 radical (unpaired) electrons.